The Morgan fingerprint density at radius 3 is 2.65 bits per heavy atom. The SMILES string of the molecule is O=C(c1ccc(Cl)cc1Cl)c1cnc2ccc(Cl)nn12. The highest BCUT2D eigenvalue weighted by molar-refractivity contribution is 6.37. The van der Waals surface area contributed by atoms with Crippen molar-refractivity contribution < 1.29 is 4.79 Å². The largest absolute Gasteiger partial charge is 0.287 e. The molecule has 3 aromatic rings. The number of carbonyl (C=O) groups excluding carboxylic acids is 1. The van der Waals surface area contributed by atoms with Crippen molar-refractivity contribution in [2.45, 2.75) is 0 Å². The molecule has 1 aromatic carbocycles. The number of fused-ring (bicyclic) bond motifs is 1. The van der Waals surface area contributed by atoms with E-state index in [0.717, 1.165) is 0 Å². The van der Waals surface area contributed by atoms with Crippen LogP contribution < -0.4 is 0 Å². The van der Waals surface area contributed by atoms with E-state index < -0.39 is 0 Å². The number of imidazole rings is 1. The van der Waals surface area contributed by atoms with Gasteiger partial charge in [-0.25, -0.2) is 9.50 Å². The maximum absolute atomic E-state index is 12.5. The maximum Gasteiger partial charge on any atom is 0.214 e. The van der Waals surface area contributed by atoms with Crippen molar-refractivity contribution in [1.82, 2.24) is 14.6 Å². The van der Waals surface area contributed by atoms with Crippen LogP contribution in [-0.4, -0.2) is 20.4 Å². The Morgan fingerprint density at radius 2 is 1.90 bits per heavy atom. The molecule has 0 aliphatic carbocycles. The summed E-state index contributed by atoms with van der Waals surface area (Å²) in [7, 11) is 0. The summed E-state index contributed by atoms with van der Waals surface area (Å²) in [4.78, 5) is 16.6. The third kappa shape index (κ3) is 2.26. The van der Waals surface area contributed by atoms with Gasteiger partial charge in [0.25, 0.3) is 0 Å². The lowest BCUT2D eigenvalue weighted by molar-refractivity contribution is 0.103. The van der Waals surface area contributed by atoms with Crippen LogP contribution >= 0.6 is 34.8 Å². The third-order valence-electron chi connectivity index (χ3n) is 2.74. The third-order valence-corrected chi connectivity index (χ3v) is 3.49. The van der Waals surface area contributed by atoms with E-state index in [-0.39, 0.29) is 21.7 Å². The molecule has 0 amide bonds. The maximum atomic E-state index is 12.5. The Balaban J connectivity index is 2.15. The molecule has 0 spiro atoms. The minimum Gasteiger partial charge on any atom is -0.287 e. The molecule has 0 aliphatic heterocycles. The van der Waals surface area contributed by atoms with Crippen LogP contribution in [0.3, 0.4) is 0 Å². The molecule has 0 atom stereocenters. The number of halogens is 3. The van der Waals surface area contributed by atoms with Crippen LogP contribution in [0, 0.1) is 0 Å². The molecule has 7 heteroatoms. The van der Waals surface area contributed by atoms with Gasteiger partial charge in [-0.05, 0) is 30.3 Å². The Hall–Kier alpha value is -1.62. The van der Waals surface area contributed by atoms with Gasteiger partial charge in [-0.3, -0.25) is 4.79 Å². The predicted octanol–water partition coefficient (Wildman–Crippen LogP) is 3.92. The monoisotopic (exact) mass is 325 g/mol. The number of benzene rings is 1. The molecule has 2 aromatic heterocycles. The van der Waals surface area contributed by atoms with Crippen molar-refractivity contribution in [2.75, 3.05) is 0 Å². The first-order chi connectivity index (χ1) is 9.56. The van der Waals surface area contributed by atoms with Crippen molar-refractivity contribution >= 4 is 46.2 Å². The highest BCUT2D eigenvalue weighted by Crippen LogP contribution is 2.23. The van der Waals surface area contributed by atoms with E-state index in [2.05, 4.69) is 10.1 Å². The van der Waals surface area contributed by atoms with Gasteiger partial charge in [0.2, 0.25) is 5.78 Å². The molecule has 0 fully saturated rings. The zero-order valence-corrected chi connectivity index (χ0v) is 12.1. The normalized spacial score (nSPS) is 10.9. The fraction of sp³-hybridized carbons (Fsp3) is 0. The molecule has 0 N–H and O–H groups in total. The van der Waals surface area contributed by atoms with Gasteiger partial charge in [-0.1, -0.05) is 34.8 Å². The average molecular weight is 327 g/mol. The number of nitrogens with zero attached hydrogens (tertiary/aromatic N) is 3. The lowest BCUT2D eigenvalue weighted by Gasteiger charge is -2.03. The van der Waals surface area contributed by atoms with E-state index in [9.17, 15) is 4.79 Å². The van der Waals surface area contributed by atoms with E-state index in [1.807, 2.05) is 0 Å². The van der Waals surface area contributed by atoms with Gasteiger partial charge in [0.15, 0.2) is 5.65 Å². The summed E-state index contributed by atoms with van der Waals surface area (Å²) in [6, 6.07) is 7.96. The highest BCUT2D eigenvalue weighted by atomic mass is 35.5. The average Bonchev–Trinajstić information content (AvgIpc) is 2.81. The standard InChI is InChI=1S/C13H6Cl3N3O/c14-7-1-2-8(9(15)5-7)13(20)10-6-17-12-4-3-11(16)18-19(10)12/h1-6H. The van der Waals surface area contributed by atoms with E-state index in [1.165, 1.54) is 16.8 Å². The van der Waals surface area contributed by atoms with Crippen LogP contribution in [0.1, 0.15) is 16.1 Å². The lowest BCUT2D eigenvalue weighted by Crippen LogP contribution is -2.07. The van der Waals surface area contributed by atoms with Crippen LogP contribution in [0.25, 0.3) is 5.65 Å². The number of rotatable bonds is 2. The molecule has 0 radical (unpaired) electrons. The minimum absolute atomic E-state index is 0.270. The second-order valence-electron chi connectivity index (χ2n) is 4.02. The summed E-state index contributed by atoms with van der Waals surface area (Å²) in [5.74, 6) is -0.297. The van der Waals surface area contributed by atoms with Gasteiger partial charge in [0, 0.05) is 10.6 Å². The highest BCUT2D eigenvalue weighted by Gasteiger charge is 2.18. The molecule has 20 heavy (non-hydrogen) atoms. The molecule has 0 aliphatic rings. The molecule has 0 bridgehead atoms. The summed E-state index contributed by atoms with van der Waals surface area (Å²) in [5.41, 5.74) is 1.15. The molecule has 100 valence electrons. The van der Waals surface area contributed by atoms with Crippen molar-refractivity contribution in [3.05, 3.63) is 63.0 Å². The molecule has 0 saturated carbocycles. The second kappa shape index (κ2) is 5.05. The van der Waals surface area contributed by atoms with Crippen LogP contribution in [-0.2, 0) is 0 Å². The number of aromatic nitrogens is 3. The van der Waals surface area contributed by atoms with Crippen LogP contribution in [0.4, 0.5) is 0 Å². The number of hydrogen-bond acceptors (Lipinski definition) is 3. The smallest absolute Gasteiger partial charge is 0.214 e. The van der Waals surface area contributed by atoms with Crippen molar-refractivity contribution in [2.24, 2.45) is 0 Å². The van der Waals surface area contributed by atoms with Crippen LogP contribution in [0.5, 0.6) is 0 Å². The lowest BCUT2D eigenvalue weighted by atomic mass is 10.1. The van der Waals surface area contributed by atoms with Gasteiger partial charge in [0.05, 0.1) is 11.2 Å². The van der Waals surface area contributed by atoms with Gasteiger partial charge in [-0.15, -0.1) is 0 Å². The quantitative estimate of drug-likeness (QED) is 0.671. The Kier molecular flexibility index (Phi) is 3.38. The minimum atomic E-state index is -0.297. The molecule has 4 nitrogen and oxygen atoms in total. The number of ketones is 1. The topological polar surface area (TPSA) is 47.3 Å². The second-order valence-corrected chi connectivity index (χ2v) is 5.25. The van der Waals surface area contributed by atoms with E-state index >= 15 is 0 Å². The van der Waals surface area contributed by atoms with Gasteiger partial charge >= 0.3 is 0 Å². The van der Waals surface area contributed by atoms with Gasteiger partial charge in [0.1, 0.15) is 10.8 Å². The predicted molar refractivity (Wildman–Crippen MR) is 77.9 cm³/mol. The number of hydrogen-bond donors (Lipinski definition) is 0. The fourth-order valence-electron chi connectivity index (χ4n) is 1.82. The summed E-state index contributed by atoms with van der Waals surface area (Å²) < 4.78 is 1.38. The Morgan fingerprint density at radius 1 is 1.10 bits per heavy atom. The summed E-state index contributed by atoms with van der Waals surface area (Å²) in [6.07, 6.45) is 1.44. The Bertz CT molecular complexity index is 829. The molecule has 0 unspecified atom stereocenters. The van der Waals surface area contributed by atoms with Gasteiger partial charge < -0.3 is 0 Å². The first-order valence-electron chi connectivity index (χ1n) is 5.56. The fourth-order valence-corrected chi connectivity index (χ4v) is 2.45. The molecular weight excluding hydrogens is 321 g/mol. The molecular formula is C13H6Cl3N3O. The van der Waals surface area contributed by atoms with Crippen LogP contribution in [0.2, 0.25) is 15.2 Å². The zero-order chi connectivity index (χ0) is 14.3. The molecule has 2 heterocycles. The van der Waals surface area contributed by atoms with Crippen molar-refractivity contribution in [1.29, 1.82) is 0 Å². The van der Waals surface area contributed by atoms with E-state index in [1.54, 1.807) is 24.3 Å². The molecule has 3 rings (SSSR count). The first kappa shape index (κ1) is 13.4. The van der Waals surface area contributed by atoms with Crippen molar-refractivity contribution in [3.63, 3.8) is 0 Å². The first-order valence-corrected chi connectivity index (χ1v) is 6.69. The van der Waals surface area contributed by atoms with E-state index in [0.29, 0.717) is 16.2 Å². The van der Waals surface area contributed by atoms with Crippen LogP contribution in [0.15, 0.2) is 36.5 Å². The zero-order valence-electron chi connectivity index (χ0n) is 9.85. The summed E-state index contributed by atoms with van der Waals surface area (Å²) in [6.45, 7) is 0. The summed E-state index contributed by atoms with van der Waals surface area (Å²) in [5, 5.41) is 5.07. The van der Waals surface area contributed by atoms with E-state index in [4.69, 9.17) is 34.8 Å². The van der Waals surface area contributed by atoms with Crippen molar-refractivity contribution in [3.8, 4) is 0 Å². The van der Waals surface area contributed by atoms with Gasteiger partial charge in [-0.2, -0.15) is 5.10 Å². The summed E-state index contributed by atoms with van der Waals surface area (Å²) >= 11 is 17.7. The number of carbonyl (C=O) groups is 1. The molecule has 0 saturated heterocycles. The Labute approximate surface area is 128 Å².